The summed E-state index contributed by atoms with van der Waals surface area (Å²) in [5.41, 5.74) is -0.828. The summed E-state index contributed by atoms with van der Waals surface area (Å²) in [5, 5.41) is 3.56. The Morgan fingerprint density at radius 3 is 2.38 bits per heavy atom. The number of alkyl halides is 1. The topological polar surface area (TPSA) is 12.0 Å². The van der Waals surface area contributed by atoms with E-state index in [-0.39, 0.29) is 0 Å². The molecule has 1 aliphatic carbocycles. The molecular weight excluding hydrogens is 201 g/mol. The standard InChI is InChI=1S/C14H24FN/c1-10-3-2-4-11(7-10)14(15)8-12-5-6-13(9-14)16-12/h10-13,16H,2-9H2,1H3. The number of hydrogen-bond donors (Lipinski definition) is 1. The Labute approximate surface area is 98.2 Å². The maximum atomic E-state index is 15.1. The second-order valence-corrected chi connectivity index (χ2v) is 6.55. The summed E-state index contributed by atoms with van der Waals surface area (Å²) in [7, 11) is 0. The zero-order valence-corrected chi connectivity index (χ0v) is 10.3. The van der Waals surface area contributed by atoms with Gasteiger partial charge in [-0.05, 0) is 50.4 Å². The van der Waals surface area contributed by atoms with Crippen LogP contribution in [0.5, 0.6) is 0 Å². The first-order valence-corrected chi connectivity index (χ1v) is 7.11. The molecule has 1 N–H and O–H groups in total. The zero-order valence-electron chi connectivity index (χ0n) is 10.3. The molecule has 3 rings (SSSR count). The minimum Gasteiger partial charge on any atom is -0.311 e. The number of hydrogen-bond acceptors (Lipinski definition) is 1. The van der Waals surface area contributed by atoms with Crippen LogP contribution in [0.3, 0.4) is 0 Å². The van der Waals surface area contributed by atoms with Crippen LogP contribution in [0, 0.1) is 11.8 Å². The van der Waals surface area contributed by atoms with Gasteiger partial charge in [-0.3, -0.25) is 0 Å². The molecule has 92 valence electrons. The molecule has 0 amide bonds. The first-order valence-electron chi connectivity index (χ1n) is 7.11. The van der Waals surface area contributed by atoms with Gasteiger partial charge >= 0.3 is 0 Å². The maximum absolute atomic E-state index is 15.1. The van der Waals surface area contributed by atoms with Crippen LogP contribution in [0.4, 0.5) is 4.39 Å². The van der Waals surface area contributed by atoms with Gasteiger partial charge in [-0.2, -0.15) is 0 Å². The van der Waals surface area contributed by atoms with E-state index in [1.54, 1.807) is 0 Å². The van der Waals surface area contributed by atoms with Crippen LogP contribution in [-0.4, -0.2) is 17.8 Å². The Bertz CT molecular complexity index is 253. The minimum absolute atomic E-state index is 0.362. The second kappa shape index (κ2) is 3.97. The summed E-state index contributed by atoms with van der Waals surface area (Å²) >= 11 is 0. The van der Waals surface area contributed by atoms with Crippen molar-refractivity contribution in [1.29, 1.82) is 0 Å². The molecule has 4 atom stereocenters. The van der Waals surface area contributed by atoms with Crippen LogP contribution in [0.1, 0.15) is 58.3 Å². The molecule has 2 bridgehead atoms. The lowest BCUT2D eigenvalue weighted by molar-refractivity contribution is -0.000474. The molecule has 3 aliphatic rings. The van der Waals surface area contributed by atoms with Gasteiger partial charge in [0, 0.05) is 12.1 Å². The molecule has 4 unspecified atom stereocenters. The van der Waals surface area contributed by atoms with E-state index in [2.05, 4.69) is 12.2 Å². The number of fused-ring (bicyclic) bond motifs is 2. The summed E-state index contributed by atoms with van der Waals surface area (Å²) < 4.78 is 15.1. The molecule has 3 fully saturated rings. The molecule has 2 heteroatoms. The van der Waals surface area contributed by atoms with Gasteiger partial charge in [0.1, 0.15) is 5.67 Å². The fourth-order valence-electron chi connectivity index (χ4n) is 4.36. The normalized spacial score (nSPS) is 52.9. The lowest BCUT2D eigenvalue weighted by Gasteiger charge is -2.43. The van der Waals surface area contributed by atoms with Gasteiger partial charge in [0.25, 0.3) is 0 Å². The van der Waals surface area contributed by atoms with Crippen LogP contribution in [0.2, 0.25) is 0 Å². The monoisotopic (exact) mass is 225 g/mol. The molecule has 0 radical (unpaired) electrons. The summed E-state index contributed by atoms with van der Waals surface area (Å²) in [5.74, 6) is 1.11. The average Bonchev–Trinajstić information content (AvgIpc) is 2.59. The molecule has 1 nitrogen and oxygen atoms in total. The van der Waals surface area contributed by atoms with Gasteiger partial charge < -0.3 is 5.32 Å². The predicted octanol–water partition coefficient (Wildman–Crippen LogP) is 3.44. The fourth-order valence-corrected chi connectivity index (χ4v) is 4.36. The minimum atomic E-state index is -0.828. The van der Waals surface area contributed by atoms with E-state index in [0.29, 0.717) is 18.0 Å². The van der Waals surface area contributed by atoms with Gasteiger partial charge in [0.15, 0.2) is 0 Å². The molecule has 0 aromatic rings. The van der Waals surface area contributed by atoms with Crippen molar-refractivity contribution in [3.05, 3.63) is 0 Å². The van der Waals surface area contributed by atoms with Gasteiger partial charge in [-0.1, -0.05) is 19.8 Å². The van der Waals surface area contributed by atoms with E-state index < -0.39 is 5.67 Å². The van der Waals surface area contributed by atoms with Gasteiger partial charge in [0.2, 0.25) is 0 Å². The van der Waals surface area contributed by atoms with Crippen molar-refractivity contribution >= 4 is 0 Å². The Balaban J connectivity index is 1.72. The summed E-state index contributed by atoms with van der Waals surface area (Å²) in [6.07, 6.45) is 8.84. The molecule has 2 saturated heterocycles. The second-order valence-electron chi connectivity index (χ2n) is 6.55. The Kier molecular flexibility index (Phi) is 2.73. The Morgan fingerprint density at radius 1 is 1.06 bits per heavy atom. The summed E-state index contributed by atoms with van der Waals surface area (Å²) in [6, 6.07) is 0.974. The largest absolute Gasteiger partial charge is 0.311 e. The van der Waals surface area contributed by atoms with E-state index in [9.17, 15) is 0 Å². The van der Waals surface area contributed by atoms with Crippen molar-refractivity contribution in [2.75, 3.05) is 0 Å². The highest BCUT2D eigenvalue weighted by Gasteiger charge is 2.49. The first kappa shape index (κ1) is 11.0. The molecule has 2 aliphatic heterocycles. The van der Waals surface area contributed by atoms with Crippen LogP contribution >= 0.6 is 0 Å². The van der Waals surface area contributed by atoms with Crippen LogP contribution < -0.4 is 5.32 Å². The third-order valence-electron chi connectivity index (χ3n) is 5.17. The lowest BCUT2D eigenvalue weighted by Crippen LogP contribution is -2.50. The first-order chi connectivity index (χ1) is 7.66. The molecule has 0 spiro atoms. The van der Waals surface area contributed by atoms with E-state index in [1.165, 1.54) is 25.7 Å². The number of rotatable bonds is 1. The highest BCUT2D eigenvalue weighted by molar-refractivity contribution is 5.03. The van der Waals surface area contributed by atoms with Gasteiger partial charge in [0.05, 0.1) is 0 Å². The van der Waals surface area contributed by atoms with Crippen LogP contribution in [0.15, 0.2) is 0 Å². The summed E-state index contributed by atoms with van der Waals surface area (Å²) in [6.45, 7) is 2.30. The lowest BCUT2D eigenvalue weighted by atomic mass is 9.69. The third-order valence-corrected chi connectivity index (χ3v) is 5.17. The van der Waals surface area contributed by atoms with Crippen LogP contribution in [0.25, 0.3) is 0 Å². The predicted molar refractivity (Wildman–Crippen MR) is 64.1 cm³/mol. The average molecular weight is 225 g/mol. The van der Waals surface area contributed by atoms with Gasteiger partial charge in [-0.15, -0.1) is 0 Å². The van der Waals surface area contributed by atoms with Crippen molar-refractivity contribution < 1.29 is 4.39 Å². The highest BCUT2D eigenvalue weighted by Crippen LogP contribution is 2.47. The van der Waals surface area contributed by atoms with Crippen molar-refractivity contribution in [3.8, 4) is 0 Å². The van der Waals surface area contributed by atoms with Crippen molar-refractivity contribution in [2.24, 2.45) is 11.8 Å². The Morgan fingerprint density at radius 2 is 1.75 bits per heavy atom. The zero-order chi connectivity index (χ0) is 11.2. The molecule has 0 aromatic heterocycles. The van der Waals surface area contributed by atoms with E-state index in [1.807, 2.05) is 0 Å². The van der Waals surface area contributed by atoms with Crippen LogP contribution in [-0.2, 0) is 0 Å². The number of piperidine rings is 1. The molecule has 2 heterocycles. The van der Waals surface area contributed by atoms with Crippen molar-refractivity contribution in [2.45, 2.75) is 76.0 Å². The number of halogens is 1. The van der Waals surface area contributed by atoms with Crippen molar-refractivity contribution in [3.63, 3.8) is 0 Å². The van der Waals surface area contributed by atoms with E-state index in [0.717, 1.165) is 31.6 Å². The smallest absolute Gasteiger partial charge is 0.116 e. The molecular formula is C14H24FN. The SMILES string of the molecule is CC1CCCC(C2(F)CC3CCC(C2)N3)C1. The van der Waals surface area contributed by atoms with Gasteiger partial charge in [-0.25, -0.2) is 4.39 Å². The highest BCUT2D eigenvalue weighted by atomic mass is 19.1. The van der Waals surface area contributed by atoms with E-state index >= 15 is 4.39 Å². The molecule has 16 heavy (non-hydrogen) atoms. The fraction of sp³-hybridized carbons (Fsp3) is 1.00. The molecule has 1 saturated carbocycles. The number of nitrogens with one attached hydrogen (secondary N) is 1. The quantitative estimate of drug-likeness (QED) is 0.721. The summed E-state index contributed by atoms with van der Waals surface area (Å²) in [4.78, 5) is 0. The third kappa shape index (κ3) is 1.90. The molecule has 0 aromatic carbocycles. The van der Waals surface area contributed by atoms with Crippen molar-refractivity contribution in [1.82, 2.24) is 5.32 Å². The maximum Gasteiger partial charge on any atom is 0.116 e. The Hall–Kier alpha value is -0.110. The van der Waals surface area contributed by atoms with E-state index in [4.69, 9.17) is 0 Å².